The lowest BCUT2D eigenvalue weighted by atomic mass is 9.97. The molecule has 130 valence electrons. The molecule has 2 aromatic carbocycles. The van der Waals surface area contributed by atoms with Crippen LogP contribution in [-0.2, 0) is 6.42 Å². The second-order valence-electron chi connectivity index (χ2n) is 6.52. The van der Waals surface area contributed by atoms with Gasteiger partial charge in [-0.1, -0.05) is 12.1 Å². The predicted octanol–water partition coefficient (Wildman–Crippen LogP) is 3.95. The lowest BCUT2D eigenvalue weighted by Crippen LogP contribution is -2.26. The van der Waals surface area contributed by atoms with E-state index in [1.54, 1.807) is 4.40 Å². The Hall–Kier alpha value is -3.09. The number of hydrogen-bond acceptors (Lipinski definition) is 4. The molecule has 0 saturated heterocycles. The van der Waals surface area contributed by atoms with Gasteiger partial charge in [0.2, 0.25) is 0 Å². The first-order valence-corrected chi connectivity index (χ1v) is 8.48. The van der Waals surface area contributed by atoms with Crippen LogP contribution in [0.5, 0.6) is 0 Å². The van der Waals surface area contributed by atoms with Crippen LogP contribution in [0.1, 0.15) is 17.5 Å². The van der Waals surface area contributed by atoms with Crippen LogP contribution in [0.15, 0.2) is 36.7 Å². The molecule has 0 saturated carbocycles. The quantitative estimate of drug-likeness (QED) is 0.521. The van der Waals surface area contributed by atoms with E-state index in [0.29, 0.717) is 23.7 Å². The first-order valence-electron chi connectivity index (χ1n) is 8.48. The van der Waals surface area contributed by atoms with Gasteiger partial charge in [0.05, 0.1) is 10.9 Å². The molecule has 26 heavy (non-hydrogen) atoms. The van der Waals surface area contributed by atoms with Crippen LogP contribution < -0.4 is 4.90 Å². The topological polar surface area (TPSA) is 46.3 Å². The van der Waals surface area contributed by atoms with Crippen LogP contribution in [0.4, 0.5) is 20.3 Å². The van der Waals surface area contributed by atoms with Crippen LogP contribution in [-0.4, -0.2) is 26.1 Å². The van der Waals surface area contributed by atoms with Gasteiger partial charge in [0, 0.05) is 12.2 Å². The zero-order chi connectivity index (χ0) is 17.8. The number of hydrogen-bond donors (Lipinski definition) is 0. The van der Waals surface area contributed by atoms with Gasteiger partial charge in [0.15, 0.2) is 11.6 Å². The van der Waals surface area contributed by atoms with E-state index in [0.717, 1.165) is 24.6 Å². The SMILES string of the molecule is Cc1cccc2c1CCCN2c1nc2nncn2c2ccc(F)c(F)c12. The van der Waals surface area contributed by atoms with Crippen molar-refractivity contribution in [3.63, 3.8) is 0 Å². The summed E-state index contributed by atoms with van der Waals surface area (Å²) in [6.07, 6.45) is 3.33. The van der Waals surface area contributed by atoms with Crippen LogP contribution >= 0.6 is 0 Å². The van der Waals surface area contributed by atoms with E-state index in [4.69, 9.17) is 0 Å². The van der Waals surface area contributed by atoms with E-state index < -0.39 is 11.6 Å². The molecule has 0 unspecified atom stereocenters. The number of aromatic nitrogens is 4. The summed E-state index contributed by atoms with van der Waals surface area (Å²) in [4.78, 5) is 6.49. The average molecular weight is 351 g/mol. The fourth-order valence-corrected chi connectivity index (χ4v) is 3.79. The van der Waals surface area contributed by atoms with Crippen LogP contribution in [0.2, 0.25) is 0 Å². The Labute approximate surface area is 147 Å². The van der Waals surface area contributed by atoms with E-state index in [2.05, 4.69) is 28.2 Å². The standard InChI is InChI=1S/C19H15F2N5/c1-11-4-2-6-14-12(11)5-3-9-25(14)18-16-15(8-7-13(20)17(16)21)26-10-22-24-19(26)23-18/h2,4,6-8,10H,3,5,9H2,1H3. The van der Waals surface area contributed by atoms with E-state index in [1.165, 1.54) is 23.5 Å². The molecule has 0 spiro atoms. The summed E-state index contributed by atoms with van der Waals surface area (Å²) in [7, 11) is 0. The molecule has 0 fully saturated rings. The minimum Gasteiger partial charge on any atom is -0.325 e. The molecule has 3 heterocycles. The molecule has 7 heteroatoms. The van der Waals surface area contributed by atoms with Crippen molar-refractivity contribution in [3.8, 4) is 0 Å². The van der Waals surface area contributed by atoms with Crippen molar-refractivity contribution in [2.24, 2.45) is 0 Å². The molecule has 1 aliphatic rings. The van der Waals surface area contributed by atoms with Gasteiger partial charge in [-0.25, -0.2) is 8.78 Å². The third kappa shape index (κ3) is 2.03. The fraction of sp³-hybridized carbons (Fsp3) is 0.211. The minimum absolute atomic E-state index is 0.145. The zero-order valence-electron chi connectivity index (χ0n) is 14.1. The van der Waals surface area contributed by atoms with Gasteiger partial charge in [-0.15, -0.1) is 10.2 Å². The van der Waals surface area contributed by atoms with Gasteiger partial charge >= 0.3 is 0 Å². The highest BCUT2D eigenvalue weighted by Gasteiger charge is 2.25. The molecular formula is C19H15F2N5. The summed E-state index contributed by atoms with van der Waals surface area (Å²) in [5.74, 6) is -1.06. The highest BCUT2D eigenvalue weighted by Crippen LogP contribution is 2.38. The zero-order valence-corrected chi connectivity index (χ0v) is 14.1. The Morgan fingerprint density at radius 3 is 2.88 bits per heavy atom. The number of fused-ring (bicyclic) bond motifs is 4. The third-order valence-electron chi connectivity index (χ3n) is 5.03. The van der Waals surface area contributed by atoms with E-state index in [9.17, 15) is 8.78 Å². The average Bonchev–Trinajstić information content (AvgIpc) is 3.12. The predicted molar refractivity (Wildman–Crippen MR) is 94.7 cm³/mol. The van der Waals surface area contributed by atoms with Crippen LogP contribution in [0.25, 0.3) is 16.7 Å². The molecule has 0 aliphatic carbocycles. The van der Waals surface area contributed by atoms with Crippen LogP contribution in [0, 0.1) is 18.6 Å². The molecule has 0 radical (unpaired) electrons. The summed E-state index contributed by atoms with van der Waals surface area (Å²) in [5, 5.41) is 8.02. The maximum absolute atomic E-state index is 14.8. The monoisotopic (exact) mass is 351 g/mol. The smallest absolute Gasteiger partial charge is 0.257 e. The molecule has 5 rings (SSSR count). The van der Waals surface area contributed by atoms with Gasteiger partial charge in [0.25, 0.3) is 5.78 Å². The number of benzene rings is 2. The molecule has 0 atom stereocenters. The van der Waals surface area contributed by atoms with Crippen molar-refractivity contribution in [1.82, 2.24) is 19.6 Å². The molecule has 1 aliphatic heterocycles. The first-order chi connectivity index (χ1) is 12.6. The van der Waals surface area contributed by atoms with Crippen molar-refractivity contribution in [1.29, 1.82) is 0 Å². The van der Waals surface area contributed by atoms with E-state index >= 15 is 0 Å². The number of aryl methyl sites for hydroxylation is 1. The molecule has 2 aromatic heterocycles. The van der Waals surface area contributed by atoms with Crippen molar-refractivity contribution in [2.45, 2.75) is 19.8 Å². The fourth-order valence-electron chi connectivity index (χ4n) is 3.79. The van der Waals surface area contributed by atoms with Gasteiger partial charge in [-0.3, -0.25) is 4.40 Å². The Kier molecular flexibility index (Phi) is 3.19. The third-order valence-corrected chi connectivity index (χ3v) is 5.03. The summed E-state index contributed by atoms with van der Waals surface area (Å²) in [6.45, 7) is 2.74. The Morgan fingerprint density at radius 2 is 2.00 bits per heavy atom. The highest BCUT2D eigenvalue weighted by atomic mass is 19.2. The van der Waals surface area contributed by atoms with Crippen LogP contribution in [0.3, 0.4) is 0 Å². The number of halogens is 2. The lowest BCUT2D eigenvalue weighted by molar-refractivity contribution is 0.516. The first kappa shape index (κ1) is 15.2. The molecular weight excluding hydrogens is 336 g/mol. The summed E-state index contributed by atoms with van der Waals surface area (Å²) in [6, 6.07) is 8.70. The normalized spacial score (nSPS) is 14.2. The van der Waals surface area contributed by atoms with E-state index in [1.807, 2.05) is 17.0 Å². The van der Waals surface area contributed by atoms with Gasteiger partial charge in [-0.2, -0.15) is 4.98 Å². The number of nitrogens with zero attached hydrogens (tertiary/aromatic N) is 5. The summed E-state index contributed by atoms with van der Waals surface area (Å²) < 4.78 is 30.4. The molecule has 4 aromatic rings. The minimum atomic E-state index is -0.902. The second kappa shape index (κ2) is 5.45. The number of rotatable bonds is 1. The summed E-state index contributed by atoms with van der Waals surface area (Å²) in [5.41, 5.74) is 3.88. The van der Waals surface area contributed by atoms with Crippen molar-refractivity contribution in [2.75, 3.05) is 11.4 Å². The Balaban J connectivity index is 1.88. The maximum atomic E-state index is 14.8. The van der Waals surface area contributed by atoms with E-state index in [-0.39, 0.29) is 5.39 Å². The van der Waals surface area contributed by atoms with Gasteiger partial charge < -0.3 is 4.90 Å². The van der Waals surface area contributed by atoms with Crippen molar-refractivity contribution < 1.29 is 8.78 Å². The van der Waals surface area contributed by atoms with Gasteiger partial charge in [0.1, 0.15) is 12.1 Å². The lowest BCUT2D eigenvalue weighted by Gasteiger charge is -2.32. The maximum Gasteiger partial charge on any atom is 0.257 e. The molecule has 5 nitrogen and oxygen atoms in total. The number of anilines is 2. The van der Waals surface area contributed by atoms with Crippen molar-refractivity contribution in [3.05, 3.63) is 59.4 Å². The van der Waals surface area contributed by atoms with Gasteiger partial charge in [-0.05, 0) is 49.1 Å². The highest BCUT2D eigenvalue weighted by molar-refractivity contribution is 5.94. The summed E-state index contributed by atoms with van der Waals surface area (Å²) >= 11 is 0. The Bertz CT molecular complexity index is 1170. The molecule has 0 bridgehead atoms. The van der Waals surface area contributed by atoms with Crippen molar-refractivity contribution >= 4 is 28.2 Å². The molecule has 0 N–H and O–H groups in total. The Morgan fingerprint density at radius 1 is 1.12 bits per heavy atom. The second-order valence-corrected chi connectivity index (χ2v) is 6.52. The largest absolute Gasteiger partial charge is 0.325 e. The molecule has 0 amide bonds.